The molecule has 2 heteroatoms. The van der Waals surface area contributed by atoms with E-state index < -0.39 is 0 Å². The summed E-state index contributed by atoms with van der Waals surface area (Å²) >= 11 is 0. The molecule has 0 N–H and O–H groups in total. The van der Waals surface area contributed by atoms with E-state index in [1.54, 1.807) is 13.0 Å². The van der Waals surface area contributed by atoms with Crippen LogP contribution in [0.1, 0.15) is 11.1 Å². The molecule has 0 aromatic heterocycles. The van der Waals surface area contributed by atoms with Crippen molar-refractivity contribution in [3.63, 3.8) is 0 Å². The number of hydrogen-bond acceptors (Lipinski definition) is 1. The molecule has 0 saturated carbocycles. The fraction of sp³-hybridized carbons (Fsp3) is 0.125. The molecule has 2 nitrogen and oxygen atoms in total. The van der Waals surface area contributed by atoms with Crippen LogP contribution in [0.15, 0.2) is 18.2 Å². The Labute approximate surface area is 59.3 Å². The number of benzene rings is 1. The summed E-state index contributed by atoms with van der Waals surface area (Å²) in [6.07, 6.45) is 0. The van der Waals surface area contributed by atoms with Crippen LogP contribution in [0.4, 0.5) is 0 Å². The molecule has 0 spiro atoms. The zero-order chi connectivity index (χ0) is 7.56. The Kier molecular flexibility index (Phi) is 1.59. The monoisotopic (exact) mass is 132 g/mol. The molecule has 1 radical (unpaired) electrons. The molecule has 0 aliphatic rings. The molecule has 0 fully saturated rings. The zero-order valence-electron chi connectivity index (χ0n) is 5.59. The van der Waals surface area contributed by atoms with Crippen molar-refractivity contribution in [1.82, 2.24) is 0 Å². The van der Waals surface area contributed by atoms with Gasteiger partial charge in [0, 0.05) is 6.07 Å². The highest BCUT2D eigenvalue weighted by Crippen LogP contribution is 2.14. The molecule has 1 aromatic rings. The summed E-state index contributed by atoms with van der Waals surface area (Å²) in [5.41, 5.74) is 1.27. The van der Waals surface area contributed by atoms with Crippen molar-refractivity contribution in [1.29, 1.82) is 5.26 Å². The van der Waals surface area contributed by atoms with Crippen LogP contribution in [0.5, 0.6) is 5.75 Å². The molecule has 1 aromatic carbocycles. The smallest absolute Gasteiger partial charge is 0.180 e. The van der Waals surface area contributed by atoms with Gasteiger partial charge in [-0.1, -0.05) is 0 Å². The Morgan fingerprint density at radius 2 is 2.10 bits per heavy atom. The minimum atomic E-state index is -0.100. The number of hydrogen-bond donors (Lipinski definition) is 0. The van der Waals surface area contributed by atoms with Crippen LogP contribution in [0.3, 0.4) is 0 Å². The Hall–Kier alpha value is -1.49. The van der Waals surface area contributed by atoms with Crippen LogP contribution in [-0.2, 0) is 5.11 Å². The Morgan fingerprint density at radius 1 is 1.40 bits per heavy atom. The van der Waals surface area contributed by atoms with Gasteiger partial charge in [0.2, 0.25) is 0 Å². The van der Waals surface area contributed by atoms with Crippen LogP contribution in [0.25, 0.3) is 0 Å². The number of rotatable bonds is 0. The van der Waals surface area contributed by atoms with Gasteiger partial charge in [0.05, 0.1) is 11.6 Å². The second kappa shape index (κ2) is 2.40. The normalized spacial score (nSPS) is 8.80. The van der Waals surface area contributed by atoms with Gasteiger partial charge in [0.15, 0.2) is 5.75 Å². The van der Waals surface area contributed by atoms with Crippen LogP contribution in [0.2, 0.25) is 0 Å². The molecule has 0 amide bonds. The van der Waals surface area contributed by atoms with E-state index in [0.29, 0.717) is 5.56 Å². The first-order valence-electron chi connectivity index (χ1n) is 2.91. The number of nitriles is 1. The predicted octanol–water partition coefficient (Wildman–Crippen LogP) is 2.01. The third-order valence-electron chi connectivity index (χ3n) is 1.18. The Balaban J connectivity index is 3.22. The second-order valence-electron chi connectivity index (χ2n) is 2.15. The van der Waals surface area contributed by atoms with Gasteiger partial charge >= 0.3 is 0 Å². The van der Waals surface area contributed by atoms with Crippen molar-refractivity contribution in [3.05, 3.63) is 29.3 Å². The van der Waals surface area contributed by atoms with Gasteiger partial charge < -0.3 is 0 Å². The number of aryl methyl sites for hydroxylation is 1. The summed E-state index contributed by atoms with van der Waals surface area (Å²) in [6, 6.07) is 6.42. The maximum Gasteiger partial charge on any atom is 0.180 e. The van der Waals surface area contributed by atoms with Gasteiger partial charge in [0.1, 0.15) is 0 Å². The molecule has 0 aliphatic heterocycles. The molecule has 0 heterocycles. The van der Waals surface area contributed by atoms with E-state index in [0.717, 1.165) is 5.56 Å². The van der Waals surface area contributed by atoms with E-state index in [4.69, 9.17) is 5.26 Å². The predicted molar refractivity (Wildman–Crippen MR) is 36.0 cm³/mol. The van der Waals surface area contributed by atoms with Crippen molar-refractivity contribution in [2.45, 2.75) is 6.92 Å². The van der Waals surface area contributed by atoms with Crippen molar-refractivity contribution < 1.29 is 5.11 Å². The molecular formula is C8H6NO. The van der Waals surface area contributed by atoms with E-state index in [-0.39, 0.29) is 5.75 Å². The largest absolute Gasteiger partial charge is 0.290 e. The van der Waals surface area contributed by atoms with Gasteiger partial charge in [0.25, 0.3) is 0 Å². The van der Waals surface area contributed by atoms with Gasteiger partial charge in [-0.2, -0.15) is 5.26 Å². The SMILES string of the molecule is Cc1cc([O])cc(C#N)c1. The quantitative estimate of drug-likeness (QED) is 0.532. The van der Waals surface area contributed by atoms with E-state index in [1.807, 2.05) is 6.07 Å². The average Bonchev–Trinajstić information content (AvgIpc) is 1.85. The molecule has 0 saturated heterocycles. The maximum atomic E-state index is 10.7. The first-order chi connectivity index (χ1) is 4.72. The highest BCUT2D eigenvalue weighted by Gasteiger charge is 1.95. The molecule has 1 rings (SSSR count). The lowest BCUT2D eigenvalue weighted by Gasteiger charge is -1.91. The third-order valence-corrected chi connectivity index (χ3v) is 1.18. The first-order valence-corrected chi connectivity index (χ1v) is 2.91. The summed E-state index contributed by atoms with van der Waals surface area (Å²) in [7, 11) is 0. The first kappa shape index (κ1) is 6.63. The fourth-order valence-electron chi connectivity index (χ4n) is 0.812. The molecule has 10 heavy (non-hydrogen) atoms. The lowest BCUT2D eigenvalue weighted by atomic mass is 10.1. The highest BCUT2D eigenvalue weighted by atomic mass is 16.3. The van der Waals surface area contributed by atoms with Crippen LogP contribution in [0, 0.1) is 18.3 Å². The second-order valence-corrected chi connectivity index (χ2v) is 2.15. The highest BCUT2D eigenvalue weighted by molar-refractivity contribution is 5.39. The molecule has 0 unspecified atom stereocenters. The maximum absolute atomic E-state index is 10.7. The van der Waals surface area contributed by atoms with Crippen LogP contribution >= 0.6 is 0 Å². The third kappa shape index (κ3) is 1.26. The summed E-state index contributed by atoms with van der Waals surface area (Å²) in [6.45, 7) is 1.79. The summed E-state index contributed by atoms with van der Waals surface area (Å²) in [4.78, 5) is 0. The molecule has 0 aliphatic carbocycles. The average molecular weight is 132 g/mol. The van der Waals surface area contributed by atoms with Gasteiger partial charge in [-0.3, -0.25) is 5.11 Å². The van der Waals surface area contributed by atoms with Crippen molar-refractivity contribution in [3.8, 4) is 11.8 Å². The zero-order valence-corrected chi connectivity index (χ0v) is 5.59. The molecule has 49 valence electrons. The molecule has 0 bridgehead atoms. The lowest BCUT2D eigenvalue weighted by Crippen LogP contribution is -1.75. The van der Waals surface area contributed by atoms with E-state index in [9.17, 15) is 5.11 Å². The van der Waals surface area contributed by atoms with Crippen LogP contribution in [-0.4, -0.2) is 0 Å². The minimum absolute atomic E-state index is 0.100. The Bertz CT molecular complexity index is 266. The minimum Gasteiger partial charge on any atom is -0.290 e. The fourth-order valence-corrected chi connectivity index (χ4v) is 0.812. The van der Waals surface area contributed by atoms with Crippen molar-refractivity contribution >= 4 is 0 Å². The van der Waals surface area contributed by atoms with E-state index >= 15 is 0 Å². The topological polar surface area (TPSA) is 43.7 Å². The number of nitrogens with zero attached hydrogens (tertiary/aromatic N) is 1. The van der Waals surface area contributed by atoms with E-state index in [1.165, 1.54) is 12.1 Å². The van der Waals surface area contributed by atoms with Crippen molar-refractivity contribution in [2.75, 3.05) is 0 Å². The summed E-state index contributed by atoms with van der Waals surface area (Å²) in [5, 5.41) is 19.1. The molecular weight excluding hydrogens is 126 g/mol. The van der Waals surface area contributed by atoms with Crippen LogP contribution < -0.4 is 0 Å². The van der Waals surface area contributed by atoms with Gasteiger partial charge in [-0.25, -0.2) is 0 Å². The van der Waals surface area contributed by atoms with Crippen molar-refractivity contribution in [2.24, 2.45) is 0 Å². The lowest BCUT2D eigenvalue weighted by molar-refractivity contribution is 0.354. The van der Waals surface area contributed by atoms with Gasteiger partial charge in [-0.15, -0.1) is 0 Å². The summed E-state index contributed by atoms with van der Waals surface area (Å²) in [5.74, 6) is -0.100. The standard InChI is InChI=1S/C8H6NO/c1-6-2-7(5-9)4-8(10)3-6/h2-4H,1H3. The Morgan fingerprint density at radius 3 is 2.60 bits per heavy atom. The summed E-state index contributed by atoms with van der Waals surface area (Å²) < 4.78 is 0. The van der Waals surface area contributed by atoms with E-state index in [2.05, 4.69) is 0 Å². The molecule has 0 atom stereocenters. The van der Waals surface area contributed by atoms with Gasteiger partial charge in [-0.05, 0) is 24.6 Å².